The normalized spacial score (nSPS) is 16.6. The molecule has 0 aliphatic carbocycles. The monoisotopic (exact) mass is 391 g/mol. The molecule has 1 fully saturated rings. The molecule has 0 saturated carbocycles. The first-order chi connectivity index (χ1) is 11.1. The van der Waals surface area contributed by atoms with Gasteiger partial charge in [-0.15, -0.1) is 0 Å². The molecule has 2 aromatic rings. The highest BCUT2D eigenvalue weighted by molar-refractivity contribution is 9.10. The number of carbonyl (C=O) groups is 2. The molecule has 0 unspecified atom stereocenters. The van der Waals surface area contributed by atoms with Crippen LogP contribution in [0, 0.1) is 0 Å². The quantitative estimate of drug-likeness (QED) is 0.675. The third-order valence-electron chi connectivity index (χ3n) is 3.33. The van der Waals surface area contributed by atoms with Crippen LogP contribution in [0.3, 0.4) is 0 Å². The molecular formula is C17H14BrNO3S. The highest BCUT2D eigenvalue weighted by Gasteiger charge is 2.34. The van der Waals surface area contributed by atoms with E-state index in [1.165, 1.54) is 4.90 Å². The molecule has 0 bridgehead atoms. The van der Waals surface area contributed by atoms with Gasteiger partial charge in [-0.1, -0.05) is 35.0 Å². The maximum absolute atomic E-state index is 12.2. The van der Waals surface area contributed by atoms with Crippen molar-refractivity contribution >= 4 is 44.9 Å². The summed E-state index contributed by atoms with van der Waals surface area (Å²) in [6.07, 6.45) is 2.38. The zero-order chi connectivity index (χ0) is 16.4. The van der Waals surface area contributed by atoms with Gasteiger partial charge < -0.3 is 4.42 Å². The number of rotatable bonds is 4. The molecule has 4 nitrogen and oxygen atoms in total. The number of thioether (sulfide) groups is 1. The van der Waals surface area contributed by atoms with E-state index in [4.69, 9.17) is 4.42 Å². The summed E-state index contributed by atoms with van der Waals surface area (Å²) in [6, 6.07) is 11.4. The van der Waals surface area contributed by atoms with Crippen LogP contribution in [0.4, 0.5) is 4.79 Å². The van der Waals surface area contributed by atoms with Gasteiger partial charge in [0.2, 0.25) is 0 Å². The van der Waals surface area contributed by atoms with Gasteiger partial charge >= 0.3 is 0 Å². The zero-order valence-corrected chi connectivity index (χ0v) is 14.8. The summed E-state index contributed by atoms with van der Waals surface area (Å²) in [7, 11) is 0. The van der Waals surface area contributed by atoms with Crippen LogP contribution in [-0.2, 0) is 4.79 Å². The van der Waals surface area contributed by atoms with E-state index in [0.29, 0.717) is 23.0 Å². The minimum absolute atomic E-state index is 0.220. The fraction of sp³-hybridized carbons (Fsp3) is 0.176. The molecule has 1 aliphatic heterocycles. The third-order valence-corrected chi connectivity index (χ3v) is 4.73. The van der Waals surface area contributed by atoms with Crippen molar-refractivity contribution in [1.82, 2.24) is 4.90 Å². The molecule has 1 saturated heterocycles. The molecule has 118 valence electrons. The standard InChI is InChI=1S/C17H14BrNO3S/c1-2-8-19-16(20)15(23-17(19)21)10-13-6-7-14(22-13)11-4-3-5-12(18)9-11/h3-7,9-10H,2,8H2,1H3/b15-10+. The summed E-state index contributed by atoms with van der Waals surface area (Å²) in [5.41, 5.74) is 0.943. The van der Waals surface area contributed by atoms with Crippen LogP contribution in [0.2, 0.25) is 0 Å². The van der Waals surface area contributed by atoms with E-state index in [9.17, 15) is 9.59 Å². The zero-order valence-electron chi connectivity index (χ0n) is 12.4. The van der Waals surface area contributed by atoms with E-state index in [1.807, 2.05) is 37.3 Å². The van der Waals surface area contributed by atoms with Crippen LogP contribution in [0.15, 0.2) is 50.2 Å². The molecule has 3 rings (SSSR count). The average molecular weight is 392 g/mol. The van der Waals surface area contributed by atoms with Gasteiger partial charge in [0, 0.05) is 22.7 Å². The van der Waals surface area contributed by atoms with Crippen molar-refractivity contribution in [2.75, 3.05) is 6.54 Å². The average Bonchev–Trinajstić information content (AvgIpc) is 3.09. The van der Waals surface area contributed by atoms with Crippen molar-refractivity contribution in [1.29, 1.82) is 0 Å². The lowest BCUT2D eigenvalue weighted by Gasteiger charge is -2.09. The maximum Gasteiger partial charge on any atom is 0.293 e. The van der Waals surface area contributed by atoms with Crippen molar-refractivity contribution in [3.05, 3.63) is 51.5 Å². The third kappa shape index (κ3) is 3.43. The van der Waals surface area contributed by atoms with Gasteiger partial charge in [-0.2, -0.15) is 0 Å². The molecule has 1 aromatic heterocycles. The van der Waals surface area contributed by atoms with E-state index in [-0.39, 0.29) is 11.1 Å². The second kappa shape index (κ2) is 6.76. The molecule has 0 atom stereocenters. The summed E-state index contributed by atoms with van der Waals surface area (Å²) >= 11 is 4.38. The van der Waals surface area contributed by atoms with Crippen molar-refractivity contribution < 1.29 is 14.0 Å². The second-order valence-electron chi connectivity index (χ2n) is 5.05. The van der Waals surface area contributed by atoms with Gasteiger partial charge in [0.25, 0.3) is 11.1 Å². The van der Waals surface area contributed by atoms with Crippen molar-refractivity contribution in [3.63, 3.8) is 0 Å². The number of imide groups is 1. The first kappa shape index (κ1) is 16.1. The molecule has 2 amide bonds. The van der Waals surface area contributed by atoms with Crippen LogP contribution < -0.4 is 0 Å². The van der Waals surface area contributed by atoms with Gasteiger partial charge in [0.1, 0.15) is 11.5 Å². The van der Waals surface area contributed by atoms with E-state index >= 15 is 0 Å². The maximum atomic E-state index is 12.2. The number of furan rings is 1. The van der Waals surface area contributed by atoms with Crippen LogP contribution in [0.1, 0.15) is 19.1 Å². The minimum Gasteiger partial charge on any atom is -0.457 e. The Morgan fingerprint density at radius 3 is 2.83 bits per heavy atom. The molecule has 1 aromatic carbocycles. The summed E-state index contributed by atoms with van der Waals surface area (Å²) in [5, 5.41) is -0.220. The lowest BCUT2D eigenvalue weighted by atomic mass is 10.2. The number of carbonyl (C=O) groups excluding carboxylic acids is 2. The molecule has 6 heteroatoms. The molecule has 0 radical (unpaired) electrons. The Bertz CT molecular complexity index is 797. The number of benzene rings is 1. The fourth-order valence-electron chi connectivity index (χ4n) is 2.27. The largest absolute Gasteiger partial charge is 0.457 e. The number of hydrogen-bond acceptors (Lipinski definition) is 4. The van der Waals surface area contributed by atoms with Crippen molar-refractivity contribution in [2.45, 2.75) is 13.3 Å². The van der Waals surface area contributed by atoms with E-state index in [2.05, 4.69) is 15.9 Å². The SMILES string of the molecule is CCCN1C(=O)S/C(=C/c2ccc(-c3cccc(Br)c3)o2)C1=O. The Kier molecular flexibility index (Phi) is 4.73. The highest BCUT2D eigenvalue weighted by Crippen LogP contribution is 2.33. The number of nitrogens with zero attached hydrogens (tertiary/aromatic N) is 1. The molecule has 0 N–H and O–H groups in total. The Morgan fingerprint density at radius 2 is 2.09 bits per heavy atom. The smallest absolute Gasteiger partial charge is 0.293 e. The first-order valence-corrected chi connectivity index (χ1v) is 8.80. The molecular weight excluding hydrogens is 378 g/mol. The van der Waals surface area contributed by atoms with Gasteiger partial charge in [-0.25, -0.2) is 0 Å². The summed E-state index contributed by atoms with van der Waals surface area (Å²) in [6.45, 7) is 2.38. The summed E-state index contributed by atoms with van der Waals surface area (Å²) in [5.74, 6) is 1.02. The molecule has 1 aliphatic rings. The Balaban J connectivity index is 1.84. The van der Waals surface area contributed by atoms with Gasteiger partial charge in [-0.05, 0) is 42.4 Å². The lowest BCUT2D eigenvalue weighted by Crippen LogP contribution is -2.28. The predicted molar refractivity (Wildman–Crippen MR) is 94.8 cm³/mol. The van der Waals surface area contributed by atoms with Crippen molar-refractivity contribution in [3.8, 4) is 11.3 Å². The number of halogens is 1. The van der Waals surface area contributed by atoms with Crippen LogP contribution in [0.5, 0.6) is 0 Å². The Hall–Kier alpha value is -1.79. The molecule has 2 heterocycles. The van der Waals surface area contributed by atoms with Crippen LogP contribution in [0.25, 0.3) is 17.4 Å². The molecule has 0 spiro atoms. The topological polar surface area (TPSA) is 50.5 Å². The first-order valence-electron chi connectivity index (χ1n) is 7.19. The second-order valence-corrected chi connectivity index (χ2v) is 6.95. The van der Waals surface area contributed by atoms with Crippen LogP contribution >= 0.6 is 27.7 Å². The Morgan fingerprint density at radius 1 is 1.26 bits per heavy atom. The van der Waals surface area contributed by atoms with Crippen molar-refractivity contribution in [2.24, 2.45) is 0 Å². The minimum atomic E-state index is -0.248. The van der Waals surface area contributed by atoms with Gasteiger partial charge in [-0.3, -0.25) is 14.5 Å². The Labute approximate surface area is 146 Å². The number of amides is 2. The predicted octanol–water partition coefficient (Wildman–Crippen LogP) is 5.16. The van der Waals surface area contributed by atoms with Gasteiger partial charge in [0.05, 0.1) is 4.91 Å². The molecule has 23 heavy (non-hydrogen) atoms. The van der Waals surface area contributed by atoms with E-state index in [0.717, 1.165) is 28.2 Å². The fourth-order valence-corrected chi connectivity index (χ4v) is 3.52. The van der Waals surface area contributed by atoms with E-state index < -0.39 is 0 Å². The summed E-state index contributed by atoms with van der Waals surface area (Å²) in [4.78, 5) is 25.7. The highest BCUT2D eigenvalue weighted by atomic mass is 79.9. The lowest BCUT2D eigenvalue weighted by molar-refractivity contribution is -0.122. The summed E-state index contributed by atoms with van der Waals surface area (Å²) < 4.78 is 6.74. The number of hydrogen-bond donors (Lipinski definition) is 0. The van der Waals surface area contributed by atoms with Crippen LogP contribution in [-0.4, -0.2) is 22.6 Å². The van der Waals surface area contributed by atoms with E-state index in [1.54, 1.807) is 12.1 Å². The van der Waals surface area contributed by atoms with Gasteiger partial charge in [0.15, 0.2) is 0 Å².